The molecule has 0 radical (unpaired) electrons. The van der Waals surface area contributed by atoms with Crippen LogP contribution in [0.5, 0.6) is 0 Å². The summed E-state index contributed by atoms with van der Waals surface area (Å²) in [6, 6.07) is 0. The number of aromatic nitrogens is 3. The van der Waals surface area contributed by atoms with Gasteiger partial charge in [0.15, 0.2) is 5.69 Å². The molecular formula is C12H21N3O4. The number of aliphatic hydroxyl groups is 1. The number of carbonyl (C=O) groups excluding carboxylic acids is 1. The second-order valence-corrected chi connectivity index (χ2v) is 4.46. The highest BCUT2D eigenvalue weighted by atomic mass is 16.5. The van der Waals surface area contributed by atoms with E-state index in [2.05, 4.69) is 10.3 Å². The Hall–Kier alpha value is -1.47. The number of esters is 1. The summed E-state index contributed by atoms with van der Waals surface area (Å²) in [6.07, 6.45) is -0.639. The molecule has 19 heavy (non-hydrogen) atoms. The van der Waals surface area contributed by atoms with Crippen LogP contribution in [0, 0.1) is 6.92 Å². The molecule has 1 heterocycles. The molecule has 1 aromatic rings. The molecule has 1 rings (SSSR count). The fraction of sp³-hybridized carbons (Fsp3) is 0.750. The van der Waals surface area contributed by atoms with Gasteiger partial charge in [0.05, 0.1) is 37.7 Å². The van der Waals surface area contributed by atoms with Crippen molar-refractivity contribution >= 4 is 5.97 Å². The van der Waals surface area contributed by atoms with Crippen molar-refractivity contribution in [3.05, 3.63) is 11.4 Å². The first-order chi connectivity index (χ1) is 8.95. The molecule has 0 aliphatic rings. The van der Waals surface area contributed by atoms with Crippen molar-refractivity contribution < 1.29 is 19.4 Å². The first-order valence-electron chi connectivity index (χ1n) is 6.32. The monoisotopic (exact) mass is 271 g/mol. The maximum absolute atomic E-state index is 11.6. The van der Waals surface area contributed by atoms with Crippen molar-refractivity contribution in [1.29, 1.82) is 0 Å². The van der Waals surface area contributed by atoms with Crippen LogP contribution in [-0.4, -0.2) is 51.5 Å². The average molecular weight is 271 g/mol. The summed E-state index contributed by atoms with van der Waals surface area (Å²) in [6.45, 7) is 7.96. The van der Waals surface area contributed by atoms with Crippen molar-refractivity contribution in [2.24, 2.45) is 0 Å². The van der Waals surface area contributed by atoms with Gasteiger partial charge in [0.1, 0.15) is 0 Å². The molecule has 0 saturated heterocycles. The van der Waals surface area contributed by atoms with Gasteiger partial charge in [-0.05, 0) is 27.7 Å². The van der Waals surface area contributed by atoms with Crippen LogP contribution in [0.3, 0.4) is 0 Å². The Labute approximate surface area is 112 Å². The van der Waals surface area contributed by atoms with Gasteiger partial charge in [0.25, 0.3) is 0 Å². The van der Waals surface area contributed by atoms with Crippen LogP contribution in [0.25, 0.3) is 0 Å². The highest BCUT2D eigenvalue weighted by Crippen LogP contribution is 2.07. The topological polar surface area (TPSA) is 86.5 Å². The third kappa shape index (κ3) is 4.60. The Morgan fingerprint density at radius 3 is 2.74 bits per heavy atom. The van der Waals surface area contributed by atoms with E-state index < -0.39 is 12.1 Å². The number of aliphatic hydroxyl groups excluding tert-OH is 1. The van der Waals surface area contributed by atoms with Crippen molar-refractivity contribution in [2.75, 3.05) is 13.2 Å². The van der Waals surface area contributed by atoms with Gasteiger partial charge in [0.2, 0.25) is 0 Å². The minimum Gasteiger partial charge on any atom is -0.461 e. The molecule has 108 valence electrons. The Kier molecular flexibility index (Phi) is 5.91. The molecule has 0 aliphatic carbocycles. The summed E-state index contributed by atoms with van der Waals surface area (Å²) in [5, 5.41) is 17.4. The molecular weight excluding hydrogens is 250 g/mol. The molecule has 1 atom stereocenters. The molecule has 0 spiro atoms. The maximum Gasteiger partial charge on any atom is 0.360 e. The summed E-state index contributed by atoms with van der Waals surface area (Å²) in [4.78, 5) is 11.6. The summed E-state index contributed by atoms with van der Waals surface area (Å²) in [5.74, 6) is -0.501. The molecule has 0 bridgehead atoms. The van der Waals surface area contributed by atoms with Gasteiger partial charge >= 0.3 is 5.97 Å². The fourth-order valence-corrected chi connectivity index (χ4v) is 1.48. The number of ether oxygens (including phenoxy) is 2. The van der Waals surface area contributed by atoms with Crippen LogP contribution in [-0.2, 0) is 16.0 Å². The van der Waals surface area contributed by atoms with Crippen LogP contribution in [0.15, 0.2) is 0 Å². The Bertz CT molecular complexity index is 417. The van der Waals surface area contributed by atoms with Crippen molar-refractivity contribution in [1.82, 2.24) is 15.0 Å². The van der Waals surface area contributed by atoms with Gasteiger partial charge < -0.3 is 14.6 Å². The second-order valence-electron chi connectivity index (χ2n) is 4.46. The van der Waals surface area contributed by atoms with Crippen LogP contribution in [0.2, 0.25) is 0 Å². The van der Waals surface area contributed by atoms with Gasteiger partial charge in [-0.3, -0.25) is 0 Å². The first kappa shape index (κ1) is 15.6. The highest BCUT2D eigenvalue weighted by Gasteiger charge is 2.19. The molecule has 0 aliphatic heterocycles. The molecule has 1 unspecified atom stereocenters. The zero-order chi connectivity index (χ0) is 14.4. The lowest BCUT2D eigenvalue weighted by Crippen LogP contribution is -2.25. The normalized spacial score (nSPS) is 12.7. The van der Waals surface area contributed by atoms with E-state index >= 15 is 0 Å². The number of hydrogen-bond acceptors (Lipinski definition) is 6. The summed E-state index contributed by atoms with van der Waals surface area (Å²) >= 11 is 0. The molecule has 0 amide bonds. The Morgan fingerprint density at radius 1 is 1.47 bits per heavy atom. The number of rotatable bonds is 7. The van der Waals surface area contributed by atoms with E-state index in [9.17, 15) is 9.90 Å². The molecule has 7 nitrogen and oxygen atoms in total. The molecule has 0 aromatic carbocycles. The SMILES string of the molecule is CCOC(=O)c1nnn(CC(O)COC(C)C)c1C. The van der Waals surface area contributed by atoms with Crippen LogP contribution < -0.4 is 0 Å². The van der Waals surface area contributed by atoms with E-state index in [1.54, 1.807) is 13.8 Å². The lowest BCUT2D eigenvalue weighted by Gasteiger charge is -2.13. The van der Waals surface area contributed by atoms with Gasteiger partial charge in [-0.25, -0.2) is 9.48 Å². The highest BCUT2D eigenvalue weighted by molar-refractivity contribution is 5.88. The first-order valence-corrected chi connectivity index (χ1v) is 6.32. The van der Waals surface area contributed by atoms with E-state index in [-0.39, 0.29) is 31.6 Å². The van der Waals surface area contributed by atoms with E-state index in [1.165, 1.54) is 4.68 Å². The summed E-state index contributed by atoms with van der Waals surface area (Å²) < 4.78 is 11.6. The molecule has 1 N–H and O–H groups in total. The van der Waals surface area contributed by atoms with Gasteiger partial charge in [-0.15, -0.1) is 5.10 Å². The van der Waals surface area contributed by atoms with Crippen molar-refractivity contribution in [3.8, 4) is 0 Å². The standard InChI is InChI=1S/C12H21N3O4/c1-5-18-12(17)11-9(4)15(14-13-11)6-10(16)7-19-8(2)3/h8,10,16H,5-7H2,1-4H3. The molecule has 1 aromatic heterocycles. The summed E-state index contributed by atoms with van der Waals surface area (Å²) in [7, 11) is 0. The molecule has 0 fully saturated rings. The fourth-order valence-electron chi connectivity index (χ4n) is 1.48. The number of carbonyl (C=O) groups is 1. The van der Waals surface area contributed by atoms with Crippen molar-refractivity contribution in [3.63, 3.8) is 0 Å². The lowest BCUT2D eigenvalue weighted by atomic mass is 10.3. The minimum atomic E-state index is -0.696. The van der Waals surface area contributed by atoms with E-state index in [4.69, 9.17) is 9.47 Å². The average Bonchev–Trinajstić information content (AvgIpc) is 2.69. The van der Waals surface area contributed by atoms with Crippen LogP contribution >= 0.6 is 0 Å². The number of nitrogens with zero attached hydrogens (tertiary/aromatic N) is 3. The van der Waals surface area contributed by atoms with Crippen LogP contribution in [0.4, 0.5) is 0 Å². The Balaban J connectivity index is 2.62. The summed E-state index contributed by atoms with van der Waals surface area (Å²) in [5.41, 5.74) is 0.751. The maximum atomic E-state index is 11.6. The predicted molar refractivity (Wildman–Crippen MR) is 67.8 cm³/mol. The molecule has 0 saturated carbocycles. The van der Waals surface area contributed by atoms with E-state index in [0.29, 0.717) is 5.69 Å². The third-order valence-corrected chi connectivity index (χ3v) is 2.46. The lowest BCUT2D eigenvalue weighted by molar-refractivity contribution is -0.00243. The Morgan fingerprint density at radius 2 is 2.16 bits per heavy atom. The van der Waals surface area contributed by atoms with E-state index in [1.807, 2.05) is 13.8 Å². The van der Waals surface area contributed by atoms with Gasteiger partial charge in [-0.2, -0.15) is 0 Å². The van der Waals surface area contributed by atoms with Gasteiger partial charge in [-0.1, -0.05) is 5.21 Å². The minimum absolute atomic E-state index is 0.0570. The molecule has 7 heteroatoms. The quantitative estimate of drug-likeness (QED) is 0.729. The smallest absolute Gasteiger partial charge is 0.360 e. The predicted octanol–water partition coefficient (Wildman–Crippen LogP) is 0.549. The number of hydrogen-bond donors (Lipinski definition) is 1. The largest absolute Gasteiger partial charge is 0.461 e. The van der Waals surface area contributed by atoms with Gasteiger partial charge in [0, 0.05) is 0 Å². The van der Waals surface area contributed by atoms with Crippen molar-refractivity contribution in [2.45, 2.75) is 46.4 Å². The third-order valence-electron chi connectivity index (χ3n) is 2.46. The zero-order valence-corrected chi connectivity index (χ0v) is 11.8. The second kappa shape index (κ2) is 7.20. The van der Waals surface area contributed by atoms with E-state index in [0.717, 1.165) is 0 Å². The zero-order valence-electron chi connectivity index (χ0n) is 11.8. The van der Waals surface area contributed by atoms with Crippen LogP contribution in [0.1, 0.15) is 37.0 Å².